The Morgan fingerprint density at radius 2 is 2.05 bits per heavy atom. The van der Waals surface area contributed by atoms with Gasteiger partial charge in [-0.2, -0.15) is 0 Å². The molecule has 0 unspecified atom stereocenters. The molecule has 0 aromatic heterocycles. The van der Waals surface area contributed by atoms with Crippen LogP contribution >= 0.6 is 0 Å². The van der Waals surface area contributed by atoms with Crippen molar-refractivity contribution in [2.45, 2.75) is 20.3 Å². The lowest BCUT2D eigenvalue weighted by Crippen LogP contribution is -2.29. The first-order valence-corrected chi connectivity index (χ1v) is 6.32. The molecule has 0 bridgehead atoms. The van der Waals surface area contributed by atoms with Crippen LogP contribution in [0.2, 0.25) is 0 Å². The molecule has 1 rings (SSSR count). The van der Waals surface area contributed by atoms with Crippen LogP contribution in [0.4, 0.5) is 0 Å². The Kier molecular flexibility index (Phi) is 6.43. The summed E-state index contributed by atoms with van der Waals surface area (Å²) in [6, 6.07) is 4.84. The van der Waals surface area contributed by atoms with Gasteiger partial charge in [-0.3, -0.25) is 9.59 Å². The number of hydrogen-bond donors (Lipinski definition) is 1. The van der Waals surface area contributed by atoms with Gasteiger partial charge in [0.2, 0.25) is 0 Å². The van der Waals surface area contributed by atoms with Crippen LogP contribution in [0.1, 0.15) is 30.6 Å². The number of hydrogen-bond acceptors (Lipinski definition) is 4. The van der Waals surface area contributed by atoms with Crippen LogP contribution in [0.5, 0.6) is 11.5 Å². The van der Waals surface area contributed by atoms with Crippen molar-refractivity contribution in [3.63, 3.8) is 0 Å². The highest BCUT2D eigenvalue weighted by Crippen LogP contribution is 2.27. The highest BCUT2D eigenvalue weighted by molar-refractivity contribution is 5.78. The molecular weight excluding hydrogens is 246 g/mol. The van der Waals surface area contributed by atoms with Crippen molar-refractivity contribution in [2.75, 3.05) is 19.8 Å². The Labute approximate surface area is 112 Å². The third-order valence-corrected chi connectivity index (χ3v) is 2.33. The highest BCUT2D eigenvalue weighted by atomic mass is 16.5. The Bertz CT molecular complexity index is 431. The van der Waals surface area contributed by atoms with Crippen molar-refractivity contribution in [2.24, 2.45) is 0 Å². The highest BCUT2D eigenvalue weighted by Gasteiger charge is 2.08. The first kappa shape index (κ1) is 15.0. The van der Waals surface area contributed by atoms with Crippen molar-refractivity contribution in [3.8, 4) is 11.5 Å². The molecular formula is C14H19NO4. The summed E-state index contributed by atoms with van der Waals surface area (Å²) in [7, 11) is 0. The van der Waals surface area contributed by atoms with Gasteiger partial charge in [-0.05, 0) is 31.5 Å². The van der Waals surface area contributed by atoms with Crippen molar-refractivity contribution in [3.05, 3.63) is 23.8 Å². The fourth-order valence-electron chi connectivity index (χ4n) is 1.44. The van der Waals surface area contributed by atoms with Gasteiger partial charge in [0, 0.05) is 12.1 Å². The van der Waals surface area contributed by atoms with Gasteiger partial charge in [0.1, 0.15) is 6.29 Å². The molecule has 0 heterocycles. The standard InChI is InChI=1S/C14H19NO4/c1-3-7-15-14(17)10-19-12-6-5-11(9-16)8-13(12)18-4-2/h5-6,8-9H,3-4,7,10H2,1-2H3,(H,15,17). The lowest BCUT2D eigenvalue weighted by atomic mass is 10.2. The van der Waals surface area contributed by atoms with Crippen LogP contribution in [-0.2, 0) is 4.79 Å². The lowest BCUT2D eigenvalue weighted by Gasteiger charge is -2.12. The molecule has 1 aromatic carbocycles. The van der Waals surface area contributed by atoms with Gasteiger partial charge >= 0.3 is 0 Å². The Morgan fingerprint density at radius 1 is 1.26 bits per heavy atom. The number of benzene rings is 1. The predicted octanol–water partition coefficient (Wildman–Crippen LogP) is 1.80. The third kappa shape index (κ3) is 4.99. The van der Waals surface area contributed by atoms with E-state index in [-0.39, 0.29) is 12.5 Å². The molecule has 0 aliphatic rings. The Hall–Kier alpha value is -2.04. The smallest absolute Gasteiger partial charge is 0.257 e. The number of rotatable bonds is 8. The zero-order valence-electron chi connectivity index (χ0n) is 11.3. The van der Waals surface area contributed by atoms with Crippen molar-refractivity contribution in [1.29, 1.82) is 0 Å². The molecule has 5 heteroatoms. The topological polar surface area (TPSA) is 64.6 Å². The summed E-state index contributed by atoms with van der Waals surface area (Å²) >= 11 is 0. The van der Waals surface area contributed by atoms with Crippen molar-refractivity contribution < 1.29 is 19.1 Å². The number of ether oxygens (including phenoxy) is 2. The molecule has 0 fully saturated rings. The van der Waals surface area contributed by atoms with Gasteiger partial charge in [-0.1, -0.05) is 6.92 Å². The van der Waals surface area contributed by atoms with Crippen LogP contribution in [0.25, 0.3) is 0 Å². The van der Waals surface area contributed by atoms with E-state index in [2.05, 4.69) is 5.32 Å². The van der Waals surface area contributed by atoms with Gasteiger partial charge in [0.15, 0.2) is 18.1 Å². The summed E-state index contributed by atoms with van der Waals surface area (Å²) in [5.74, 6) is 0.748. The van der Waals surface area contributed by atoms with Crippen LogP contribution in [0.3, 0.4) is 0 Å². The van der Waals surface area contributed by atoms with E-state index in [1.807, 2.05) is 13.8 Å². The van der Waals surface area contributed by atoms with Gasteiger partial charge in [0.25, 0.3) is 5.91 Å². The van der Waals surface area contributed by atoms with Gasteiger partial charge in [-0.15, -0.1) is 0 Å². The molecule has 0 saturated heterocycles. The Morgan fingerprint density at radius 3 is 2.68 bits per heavy atom. The average Bonchev–Trinajstić information content (AvgIpc) is 2.43. The normalized spacial score (nSPS) is 9.79. The molecule has 0 radical (unpaired) electrons. The molecule has 0 aliphatic heterocycles. The minimum atomic E-state index is -0.177. The van der Waals surface area contributed by atoms with E-state index in [1.54, 1.807) is 18.2 Å². The zero-order chi connectivity index (χ0) is 14.1. The van der Waals surface area contributed by atoms with Crippen molar-refractivity contribution in [1.82, 2.24) is 5.32 Å². The summed E-state index contributed by atoms with van der Waals surface area (Å²) < 4.78 is 10.8. The molecule has 104 valence electrons. The minimum Gasteiger partial charge on any atom is -0.490 e. The maximum Gasteiger partial charge on any atom is 0.257 e. The van der Waals surface area contributed by atoms with E-state index in [9.17, 15) is 9.59 Å². The van der Waals surface area contributed by atoms with E-state index >= 15 is 0 Å². The average molecular weight is 265 g/mol. The largest absolute Gasteiger partial charge is 0.490 e. The fourth-order valence-corrected chi connectivity index (χ4v) is 1.44. The van der Waals surface area contributed by atoms with Crippen LogP contribution < -0.4 is 14.8 Å². The van der Waals surface area contributed by atoms with Crippen LogP contribution in [0.15, 0.2) is 18.2 Å². The monoisotopic (exact) mass is 265 g/mol. The van der Waals surface area contributed by atoms with Gasteiger partial charge in [-0.25, -0.2) is 0 Å². The molecule has 1 N–H and O–H groups in total. The first-order valence-electron chi connectivity index (χ1n) is 6.32. The molecule has 0 saturated carbocycles. The van der Waals surface area contributed by atoms with E-state index in [0.717, 1.165) is 12.7 Å². The van der Waals surface area contributed by atoms with E-state index < -0.39 is 0 Å². The van der Waals surface area contributed by atoms with Crippen LogP contribution in [-0.4, -0.2) is 32.0 Å². The SMILES string of the molecule is CCCNC(=O)COc1ccc(C=O)cc1OCC. The van der Waals surface area contributed by atoms with E-state index in [0.29, 0.717) is 30.2 Å². The minimum absolute atomic E-state index is 0.0689. The second kappa shape index (κ2) is 8.13. The predicted molar refractivity (Wildman–Crippen MR) is 71.8 cm³/mol. The fraction of sp³-hybridized carbons (Fsp3) is 0.429. The first-order chi connectivity index (χ1) is 9.21. The quantitative estimate of drug-likeness (QED) is 0.728. The Balaban J connectivity index is 2.66. The van der Waals surface area contributed by atoms with Gasteiger partial charge in [0.05, 0.1) is 6.61 Å². The summed E-state index contributed by atoms with van der Waals surface area (Å²) in [6.45, 7) is 4.84. The molecule has 1 aromatic rings. The number of amides is 1. The maximum absolute atomic E-state index is 11.4. The summed E-state index contributed by atoms with van der Waals surface area (Å²) in [6.07, 6.45) is 1.62. The lowest BCUT2D eigenvalue weighted by molar-refractivity contribution is -0.123. The molecule has 0 spiro atoms. The zero-order valence-corrected chi connectivity index (χ0v) is 11.3. The third-order valence-electron chi connectivity index (χ3n) is 2.33. The number of nitrogens with one attached hydrogen (secondary N) is 1. The van der Waals surface area contributed by atoms with Crippen LogP contribution in [0, 0.1) is 0 Å². The number of aldehydes is 1. The molecule has 19 heavy (non-hydrogen) atoms. The summed E-state index contributed by atoms with van der Waals surface area (Å²) in [5, 5.41) is 2.72. The van der Waals surface area contributed by atoms with Gasteiger partial charge < -0.3 is 14.8 Å². The molecule has 5 nitrogen and oxygen atoms in total. The molecule has 1 amide bonds. The van der Waals surface area contributed by atoms with E-state index in [1.165, 1.54) is 0 Å². The maximum atomic E-state index is 11.4. The second-order valence-corrected chi connectivity index (χ2v) is 3.90. The molecule has 0 atom stereocenters. The summed E-state index contributed by atoms with van der Waals surface area (Å²) in [5.41, 5.74) is 0.506. The number of carbonyl (C=O) groups is 2. The molecule has 0 aliphatic carbocycles. The van der Waals surface area contributed by atoms with E-state index in [4.69, 9.17) is 9.47 Å². The number of carbonyl (C=O) groups excluding carboxylic acids is 2. The van der Waals surface area contributed by atoms with Crippen molar-refractivity contribution >= 4 is 12.2 Å². The summed E-state index contributed by atoms with van der Waals surface area (Å²) in [4.78, 5) is 22.1. The second-order valence-electron chi connectivity index (χ2n) is 3.90.